The summed E-state index contributed by atoms with van der Waals surface area (Å²) in [7, 11) is 0. The fourth-order valence-corrected chi connectivity index (χ4v) is 1.06. The van der Waals surface area contributed by atoms with Gasteiger partial charge in [0.25, 0.3) is 0 Å². The van der Waals surface area contributed by atoms with Crippen LogP contribution >= 0.6 is 0 Å². The van der Waals surface area contributed by atoms with Gasteiger partial charge in [0.1, 0.15) is 0 Å². The van der Waals surface area contributed by atoms with Crippen molar-refractivity contribution in [2.24, 2.45) is 0 Å². The van der Waals surface area contributed by atoms with Crippen LogP contribution in [-0.4, -0.2) is 22.5 Å². The summed E-state index contributed by atoms with van der Waals surface area (Å²) in [4.78, 5) is 0. The lowest BCUT2D eigenvalue weighted by Gasteiger charge is -2.18. The summed E-state index contributed by atoms with van der Waals surface area (Å²) < 4.78 is 0. The molecule has 3 heteroatoms. The molecule has 68 valence electrons. The van der Waals surface area contributed by atoms with Crippen LogP contribution in [0.5, 0.6) is 0 Å². The van der Waals surface area contributed by atoms with E-state index in [1.807, 2.05) is 6.08 Å². The molecule has 1 aliphatic carbocycles. The van der Waals surface area contributed by atoms with E-state index in [1.165, 1.54) is 0 Å². The standard InChI is InChI=1S/C9H15NO2/c1-7(9(11)12)10-8-5-3-2-4-6-8/h3,5-7,9-12H,2,4H2,1H3. The van der Waals surface area contributed by atoms with Gasteiger partial charge in [0, 0.05) is 5.70 Å². The summed E-state index contributed by atoms with van der Waals surface area (Å²) in [6.07, 6.45) is 6.87. The van der Waals surface area contributed by atoms with Gasteiger partial charge in [-0.15, -0.1) is 0 Å². The topological polar surface area (TPSA) is 52.5 Å². The molecular formula is C9H15NO2. The second kappa shape index (κ2) is 4.28. The summed E-state index contributed by atoms with van der Waals surface area (Å²) in [6, 6.07) is -0.320. The molecule has 3 N–H and O–H groups in total. The molecule has 1 rings (SSSR count). The molecule has 3 nitrogen and oxygen atoms in total. The summed E-state index contributed by atoms with van der Waals surface area (Å²) in [6.45, 7) is 1.73. The first-order valence-corrected chi connectivity index (χ1v) is 4.19. The van der Waals surface area contributed by atoms with Crippen LogP contribution in [0.4, 0.5) is 0 Å². The fraction of sp³-hybridized carbons (Fsp3) is 0.556. The van der Waals surface area contributed by atoms with E-state index >= 15 is 0 Å². The van der Waals surface area contributed by atoms with Crippen molar-refractivity contribution in [3.05, 3.63) is 23.9 Å². The Hall–Kier alpha value is -0.800. The second-order valence-corrected chi connectivity index (χ2v) is 2.99. The summed E-state index contributed by atoms with van der Waals surface area (Å²) in [5.41, 5.74) is 0.974. The minimum absolute atomic E-state index is 0.320. The number of hydrogen-bond acceptors (Lipinski definition) is 3. The van der Waals surface area contributed by atoms with Crippen LogP contribution in [0, 0.1) is 0 Å². The average molecular weight is 169 g/mol. The van der Waals surface area contributed by atoms with Crippen molar-refractivity contribution in [3.8, 4) is 0 Å². The van der Waals surface area contributed by atoms with Crippen molar-refractivity contribution in [1.82, 2.24) is 5.32 Å². The maximum absolute atomic E-state index is 8.79. The molecule has 12 heavy (non-hydrogen) atoms. The Labute approximate surface area is 72.4 Å². The predicted octanol–water partition coefficient (Wildman–Crippen LogP) is 0.509. The highest BCUT2D eigenvalue weighted by molar-refractivity contribution is 5.20. The summed E-state index contributed by atoms with van der Waals surface area (Å²) in [5.74, 6) is 0. The Morgan fingerprint density at radius 2 is 2.17 bits per heavy atom. The summed E-state index contributed by atoms with van der Waals surface area (Å²) >= 11 is 0. The first-order chi connectivity index (χ1) is 5.70. The first-order valence-electron chi connectivity index (χ1n) is 4.19. The first kappa shape index (κ1) is 9.29. The Balaban J connectivity index is 2.40. The zero-order chi connectivity index (χ0) is 8.97. The van der Waals surface area contributed by atoms with E-state index in [-0.39, 0.29) is 6.04 Å². The number of aliphatic hydroxyl groups is 2. The molecule has 0 spiro atoms. The molecular weight excluding hydrogens is 154 g/mol. The van der Waals surface area contributed by atoms with Gasteiger partial charge in [-0.3, -0.25) is 0 Å². The van der Waals surface area contributed by atoms with Crippen LogP contribution in [0.25, 0.3) is 0 Å². The lowest BCUT2D eigenvalue weighted by molar-refractivity contribution is -0.0601. The highest BCUT2D eigenvalue weighted by atomic mass is 16.5. The predicted molar refractivity (Wildman–Crippen MR) is 47.3 cm³/mol. The van der Waals surface area contributed by atoms with Crippen LogP contribution in [0.15, 0.2) is 23.9 Å². The van der Waals surface area contributed by atoms with E-state index in [2.05, 4.69) is 17.5 Å². The van der Waals surface area contributed by atoms with Crippen molar-refractivity contribution >= 4 is 0 Å². The molecule has 0 aromatic carbocycles. The second-order valence-electron chi connectivity index (χ2n) is 2.99. The number of nitrogens with one attached hydrogen (secondary N) is 1. The van der Waals surface area contributed by atoms with E-state index < -0.39 is 6.29 Å². The number of hydrogen-bond donors (Lipinski definition) is 3. The molecule has 1 atom stereocenters. The van der Waals surface area contributed by atoms with Gasteiger partial charge in [-0.1, -0.05) is 12.2 Å². The molecule has 0 aromatic heterocycles. The Kier molecular flexibility index (Phi) is 3.31. The van der Waals surface area contributed by atoms with Crippen molar-refractivity contribution in [2.45, 2.75) is 32.1 Å². The molecule has 1 aliphatic rings. The minimum atomic E-state index is -1.30. The maximum Gasteiger partial charge on any atom is 0.171 e. The van der Waals surface area contributed by atoms with Crippen LogP contribution in [0.3, 0.4) is 0 Å². The average Bonchev–Trinajstić information content (AvgIpc) is 2.06. The van der Waals surface area contributed by atoms with Gasteiger partial charge < -0.3 is 15.5 Å². The molecule has 0 amide bonds. The third-order valence-electron chi connectivity index (χ3n) is 1.84. The third kappa shape index (κ3) is 2.68. The SMILES string of the molecule is CC(NC1=CCCC=C1)C(O)O. The minimum Gasteiger partial charge on any atom is -0.378 e. The molecule has 0 aromatic rings. The molecule has 0 aliphatic heterocycles. The third-order valence-corrected chi connectivity index (χ3v) is 1.84. The number of aliphatic hydroxyl groups excluding tert-OH is 1. The Morgan fingerprint density at radius 3 is 2.67 bits per heavy atom. The summed E-state index contributed by atoms with van der Waals surface area (Å²) in [5, 5.41) is 20.6. The van der Waals surface area contributed by atoms with E-state index in [1.54, 1.807) is 6.92 Å². The molecule has 0 radical (unpaired) electrons. The molecule has 0 saturated heterocycles. The van der Waals surface area contributed by atoms with Crippen LogP contribution in [0.2, 0.25) is 0 Å². The van der Waals surface area contributed by atoms with E-state index in [0.717, 1.165) is 18.5 Å². The smallest absolute Gasteiger partial charge is 0.171 e. The van der Waals surface area contributed by atoms with Crippen LogP contribution < -0.4 is 5.32 Å². The van der Waals surface area contributed by atoms with Gasteiger partial charge in [-0.25, -0.2) is 0 Å². The van der Waals surface area contributed by atoms with Gasteiger partial charge in [0.15, 0.2) is 6.29 Å². The van der Waals surface area contributed by atoms with E-state index in [0.29, 0.717) is 0 Å². The molecule has 0 heterocycles. The molecule has 0 saturated carbocycles. The van der Waals surface area contributed by atoms with E-state index in [4.69, 9.17) is 10.2 Å². The van der Waals surface area contributed by atoms with Crippen molar-refractivity contribution in [3.63, 3.8) is 0 Å². The van der Waals surface area contributed by atoms with E-state index in [9.17, 15) is 0 Å². The maximum atomic E-state index is 8.79. The van der Waals surface area contributed by atoms with Crippen LogP contribution in [-0.2, 0) is 0 Å². The van der Waals surface area contributed by atoms with Gasteiger partial charge in [-0.2, -0.15) is 0 Å². The molecule has 0 bridgehead atoms. The van der Waals surface area contributed by atoms with Crippen molar-refractivity contribution in [1.29, 1.82) is 0 Å². The zero-order valence-electron chi connectivity index (χ0n) is 7.20. The van der Waals surface area contributed by atoms with Crippen molar-refractivity contribution in [2.75, 3.05) is 0 Å². The highest BCUT2D eigenvalue weighted by Crippen LogP contribution is 2.07. The Bertz CT molecular complexity index is 197. The van der Waals surface area contributed by atoms with Gasteiger partial charge in [0.2, 0.25) is 0 Å². The zero-order valence-corrected chi connectivity index (χ0v) is 7.20. The highest BCUT2D eigenvalue weighted by Gasteiger charge is 2.10. The lowest BCUT2D eigenvalue weighted by Crippen LogP contribution is -2.36. The van der Waals surface area contributed by atoms with Crippen LogP contribution in [0.1, 0.15) is 19.8 Å². The van der Waals surface area contributed by atoms with Gasteiger partial charge in [-0.05, 0) is 25.8 Å². The lowest BCUT2D eigenvalue weighted by atomic mass is 10.1. The van der Waals surface area contributed by atoms with Crippen molar-refractivity contribution < 1.29 is 10.2 Å². The van der Waals surface area contributed by atoms with Gasteiger partial charge >= 0.3 is 0 Å². The monoisotopic (exact) mass is 169 g/mol. The van der Waals surface area contributed by atoms with Gasteiger partial charge in [0.05, 0.1) is 6.04 Å². The number of allylic oxidation sites excluding steroid dienone is 3. The Morgan fingerprint density at radius 1 is 1.42 bits per heavy atom. The normalized spacial score (nSPS) is 19.2. The molecule has 0 fully saturated rings. The largest absolute Gasteiger partial charge is 0.378 e. The fourth-order valence-electron chi connectivity index (χ4n) is 1.06. The molecule has 1 unspecified atom stereocenters. The number of rotatable bonds is 3. The quantitative estimate of drug-likeness (QED) is 0.539.